The summed E-state index contributed by atoms with van der Waals surface area (Å²) >= 11 is 0. The quantitative estimate of drug-likeness (QED) is 0.779. The van der Waals surface area contributed by atoms with E-state index in [1.165, 1.54) is 23.9 Å². The van der Waals surface area contributed by atoms with E-state index >= 15 is 0 Å². The number of carbonyl (C=O) groups is 1. The first kappa shape index (κ1) is 12.3. The molecule has 0 radical (unpaired) electrons. The smallest absolute Gasteiger partial charge is 0.184 e. The predicted octanol–water partition coefficient (Wildman–Crippen LogP) is 2.22. The zero-order valence-corrected chi connectivity index (χ0v) is 10.2. The first-order valence-electron chi connectivity index (χ1n) is 5.47. The second kappa shape index (κ2) is 5.00. The van der Waals surface area contributed by atoms with Gasteiger partial charge in [-0.2, -0.15) is 5.10 Å². The Kier molecular flexibility index (Phi) is 3.41. The second-order valence-corrected chi connectivity index (χ2v) is 3.93. The summed E-state index contributed by atoms with van der Waals surface area (Å²) in [5.74, 6) is -0.610. The van der Waals surface area contributed by atoms with Gasteiger partial charge < -0.3 is 4.74 Å². The maximum Gasteiger partial charge on any atom is 0.184 e. The van der Waals surface area contributed by atoms with E-state index in [0.29, 0.717) is 5.56 Å². The molecule has 0 aliphatic carbocycles. The van der Waals surface area contributed by atoms with Crippen molar-refractivity contribution in [3.8, 4) is 5.75 Å². The number of nitrogens with zero attached hydrogens (tertiary/aromatic N) is 2. The van der Waals surface area contributed by atoms with Crippen molar-refractivity contribution in [1.29, 1.82) is 0 Å². The van der Waals surface area contributed by atoms with Crippen LogP contribution in [0.1, 0.15) is 16.1 Å². The van der Waals surface area contributed by atoms with Crippen molar-refractivity contribution in [3.05, 3.63) is 47.5 Å². The van der Waals surface area contributed by atoms with Crippen LogP contribution in [0.5, 0.6) is 5.75 Å². The minimum Gasteiger partial charge on any atom is -0.494 e. The standard InChI is InChI=1S/C13H13FN2O2/c1-9-5-6-16(15-9)8-12(17)10-3-4-13(18-2)11(14)7-10/h3-7H,8H2,1-2H3. The van der Waals surface area contributed by atoms with E-state index in [2.05, 4.69) is 5.10 Å². The molecule has 0 aliphatic heterocycles. The monoisotopic (exact) mass is 248 g/mol. The van der Waals surface area contributed by atoms with Gasteiger partial charge in [-0.1, -0.05) is 0 Å². The summed E-state index contributed by atoms with van der Waals surface area (Å²) in [5, 5.41) is 4.11. The number of Topliss-reactive ketones (excluding diaryl/α,β-unsaturated/α-hetero) is 1. The number of rotatable bonds is 4. The van der Waals surface area contributed by atoms with Crippen LogP contribution in [-0.2, 0) is 6.54 Å². The van der Waals surface area contributed by atoms with Crippen molar-refractivity contribution in [1.82, 2.24) is 9.78 Å². The van der Waals surface area contributed by atoms with Gasteiger partial charge in [0, 0.05) is 11.8 Å². The van der Waals surface area contributed by atoms with Crippen LogP contribution in [0.15, 0.2) is 30.5 Å². The third-order valence-electron chi connectivity index (χ3n) is 2.55. The molecule has 1 aromatic heterocycles. The molecule has 1 heterocycles. The van der Waals surface area contributed by atoms with Crippen molar-refractivity contribution in [2.75, 3.05) is 7.11 Å². The van der Waals surface area contributed by atoms with Crippen LogP contribution in [0.4, 0.5) is 4.39 Å². The molecule has 0 fully saturated rings. The van der Waals surface area contributed by atoms with Gasteiger partial charge in [0.1, 0.15) is 6.54 Å². The fraction of sp³-hybridized carbons (Fsp3) is 0.231. The maximum atomic E-state index is 13.5. The number of hydrogen-bond acceptors (Lipinski definition) is 3. The van der Waals surface area contributed by atoms with Crippen LogP contribution < -0.4 is 4.74 Å². The molecule has 0 spiro atoms. The van der Waals surface area contributed by atoms with E-state index in [1.54, 1.807) is 12.3 Å². The van der Waals surface area contributed by atoms with Gasteiger partial charge in [0.05, 0.1) is 12.8 Å². The number of hydrogen-bond donors (Lipinski definition) is 0. The summed E-state index contributed by atoms with van der Waals surface area (Å²) in [4.78, 5) is 11.9. The van der Waals surface area contributed by atoms with E-state index in [1.807, 2.05) is 13.0 Å². The highest BCUT2D eigenvalue weighted by molar-refractivity contribution is 5.96. The van der Waals surface area contributed by atoms with Gasteiger partial charge in [0.2, 0.25) is 0 Å². The van der Waals surface area contributed by atoms with Crippen molar-refractivity contribution < 1.29 is 13.9 Å². The Morgan fingerprint density at radius 2 is 2.22 bits per heavy atom. The molecule has 0 saturated heterocycles. The molecule has 5 heteroatoms. The SMILES string of the molecule is COc1ccc(C(=O)Cn2ccc(C)n2)cc1F. The Bertz CT molecular complexity index is 578. The Hall–Kier alpha value is -2.17. The van der Waals surface area contributed by atoms with Crippen molar-refractivity contribution in [3.63, 3.8) is 0 Å². The summed E-state index contributed by atoms with van der Waals surface area (Å²) in [6, 6.07) is 5.97. The van der Waals surface area contributed by atoms with Crippen LogP contribution in [0, 0.1) is 12.7 Å². The fourth-order valence-corrected chi connectivity index (χ4v) is 1.63. The molecule has 0 N–H and O–H groups in total. The van der Waals surface area contributed by atoms with Crippen LogP contribution in [0.3, 0.4) is 0 Å². The summed E-state index contributed by atoms with van der Waals surface area (Å²) in [7, 11) is 1.38. The zero-order valence-electron chi connectivity index (χ0n) is 10.2. The summed E-state index contributed by atoms with van der Waals surface area (Å²) in [5.41, 5.74) is 1.14. The first-order valence-corrected chi connectivity index (χ1v) is 5.47. The van der Waals surface area contributed by atoms with Crippen LogP contribution in [0.2, 0.25) is 0 Å². The van der Waals surface area contributed by atoms with Crippen molar-refractivity contribution in [2.24, 2.45) is 0 Å². The van der Waals surface area contributed by atoms with E-state index in [-0.39, 0.29) is 18.1 Å². The Labute approximate surface area is 104 Å². The molecule has 0 bridgehead atoms. The average molecular weight is 248 g/mol. The van der Waals surface area contributed by atoms with Gasteiger partial charge in [-0.15, -0.1) is 0 Å². The molecule has 0 saturated carbocycles. The van der Waals surface area contributed by atoms with Gasteiger partial charge in [0.25, 0.3) is 0 Å². The number of benzene rings is 1. The number of aryl methyl sites for hydroxylation is 1. The highest BCUT2D eigenvalue weighted by Gasteiger charge is 2.11. The molecular weight excluding hydrogens is 235 g/mol. The maximum absolute atomic E-state index is 13.5. The molecular formula is C13H13FN2O2. The molecule has 2 aromatic rings. The molecule has 0 amide bonds. The summed E-state index contributed by atoms with van der Waals surface area (Å²) in [6.45, 7) is 1.94. The lowest BCUT2D eigenvalue weighted by Crippen LogP contribution is -2.11. The minimum atomic E-state index is -0.542. The highest BCUT2D eigenvalue weighted by atomic mass is 19.1. The van der Waals surface area contributed by atoms with Gasteiger partial charge in [-0.05, 0) is 31.2 Å². The van der Waals surface area contributed by atoms with E-state index < -0.39 is 5.82 Å². The van der Waals surface area contributed by atoms with E-state index in [4.69, 9.17) is 4.74 Å². The fourth-order valence-electron chi connectivity index (χ4n) is 1.63. The first-order chi connectivity index (χ1) is 8.60. The normalized spacial score (nSPS) is 10.4. The van der Waals surface area contributed by atoms with E-state index in [0.717, 1.165) is 5.69 Å². The van der Waals surface area contributed by atoms with Crippen molar-refractivity contribution in [2.45, 2.75) is 13.5 Å². The number of ether oxygens (including phenoxy) is 1. The van der Waals surface area contributed by atoms with Crippen LogP contribution in [-0.4, -0.2) is 22.7 Å². The van der Waals surface area contributed by atoms with Gasteiger partial charge in [0.15, 0.2) is 17.3 Å². The Morgan fingerprint density at radius 1 is 1.44 bits per heavy atom. The molecule has 18 heavy (non-hydrogen) atoms. The lowest BCUT2D eigenvalue weighted by Gasteiger charge is -2.05. The molecule has 0 aliphatic rings. The number of halogens is 1. The largest absolute Gasteiger partial charge is 0.494 e. The molecule has 94 valence electrons. The third-order valence-corrected chi connectivity index (χ3v) is 2.55. The Morgan fingerprint density at radius 3 is 2.78 bits per heavy atom. The highest BCUT2D eigenvalue weighted by Crippen LogP contribution is 2.18. The molecule has 0 unspecified atom stereocenters. The van der Waals surface area contributed by atoms with Gasteiger partial charge >= 0.3 is 0 Å². The predicted molar refractivity (Wildman–Crippen MR) is 64.2 cm³/mol. The van der Waals surface area contributed by atoms with Crippen LogP contribution in [0.25, 0.3) is 0 Å². The third kappa shape index (κ3) is 2.56. The topological polar surface area (TPSA) is 44.1 Å². The van der Waals surface area contributed by atoms with Gasteiger partial charge in [-0.25, -0.2) is 4.39 Å². The van der Waals surface area contributed by atoms with Gasteiger partial charge in [-0.3, -0.25) is 9.48 Å². The molecule has 1 aromatic carbocycles. The minimum absolute atomic E-state index is 0.0968. The van der Waals surface area contributed by atoms with Crippen LogP contribution >= 0.6 is 0 Å². The summed E-state index contributed by atoms with van der Waals surface area (Å²) < 4.78 is 19.8. The molecule has 4 nitrogen and oxygen atoms in total. The average Bonchev–Trinajstić information content (AvgIpc) is 2.74. The molecule has 0 atom stereocenters. The second-order valence-electron chi connectivity index (χ2n) is 3.93. The van der Waals surface area contributed by atoms with E-state index in [9.17, 15) is 9.18 Å². The Balaban J connectivity index is 2.16. The zero-order chi connectivity index (χ0) is 13.1. The number of carbonyl (C=O) groups excluding carboxylic acids is 1. The number of ketones is 1. The van der Waals surface area contributed by atoms with Crippen molar-refractivity contribution >= 4 is 5.78 Å². The number of aromatic nitrogens is 2. The number of methoxy groups -OCH3 is 1. The lowest BCUT2D eigenvalue weighted by molar-refractivity contribution is 0.0967. The summed E-state index contributed by atoms with van der Waals surface area (Å²) in [6.07, 6.45) is 1.72. The molecule has 2 rings (SSSR count). The lowest BCUT2D eigenvalue weighted by atomic mass is 10.1.